The van der Waals surface area contributed by atoms with E-state index in [1.807, 2.05) is 25.1 Å². The molecule has 1 aromatic rings. The van der Waals surface area contributed by atoms with E-state index in [0.717, 1.165) is 22.8 Å². The lowest BCUT2D eigenvalue weighted by Gasteiger charge is -2.11. The molecule has 0 saturated carbocycles. The van der Waals surface area contributed by atoms with Crippen molar-refractivity contribution in [2.75, 3.05) is 18.4 Å². The first-order valence-electron chi connectivity index (χ1n) is 6.26. The van der Waals surface area contributed by atoms with Crippen molar-refractivity contribution in [3.63, 3.8) is 0 Å². The van der Waals surface area contributed by atoms with Gasteiger partial charge in [0.05, 0.1) is 0 Å². The Kier molecular flexibility index (Phi) is 5.99. The molecule has 2 N–H and O–H groups in total. The summed E-state index contributed by atoms with van der Waals surface area (Å²) in [6, 6.07) is 5.72. The summed E-state index contributed by atoms with van der Waals surface area (Å²) in [5, 5.41) is 6.86. The number of hydrogen-bond acceptors (Lipinski definition) is 2. The summed E-state index contributed by atoms with van der Waals surface area (Å²) in [6.07, 6.45) is 0.471. The van der Waals surface area contributed by atoms with E-state index >= 15 is 0 Å². The standard InChI is InChI=1S/C14H21ClN2O/c1-10(2)9-17-14(18)7-8-16-13-6-4-5-12(15)11(13)3/h4-6,10,16H,7-9H2,1-3H3,(H,17,18). The van der Waals surface area contributed by atoms with Crippen molar-refractivity contribution in [2.45, 2.75) is 27.2 Å². The second-order valence-corrected chi connectivity index (χ2v) is 5.19. The Hall–Kier alpha value is -1.22. The Morgan fingerprint density at radius 3 is 2.78 bits per heavy atom. The summed E-state index contributed by atoms with van der Waals surface area (Å²) in [5.41, 5.74) is 2.00. The van der Waals surface area contributed by atoms with Crippen LogP contribution in [0, 0.1) is 12.8 Å². The van der Waals surface area contributed by atoms with Crippen LogP contribution in [0.4, 0.5) is 5.69 Å². The highest BCUT2D eigenvalue weighted by molar-refractivity contribution is 6.31. The van der Waals surface area contributed by atoms with Crippen LogP contribution in [0.3, 0.4) is 0 Å². The molecule has 3 nitrogen and oxygen atoms in total. The molecular formula is C14H21ClN2O. The van der Waals surface area contributed by atoms with E-state index in [9.17, 15) is 4.79 Å². The molecule has 0 fully saturated rings. The molecule has 0 aliphatic heterocycles. The van der Waals surface area contributed by atoms with Gasteiger partial charge in [0.25, 0.3) is 0 Å². The van der Waals surface area contributed by atoms with E-state index in [4.69, 9.17) is 11.6 Å². The number of carbonyl (C=O) groups is 1. The SMILES string of the molecule is Cc1c(Cl)cccc1NCCC(=O)NCC(C)C. The maximum Gasteiger partial charge on any atom is 0.221 e. The smallest absolute Gasteiger partial charge is 0.221 e. The van der Waals surface area contributed by atoms with Crippen LogP contribution in [-0.4, -0.2) is 19.0 Å². The summed E-state index contributed by atoms with van der Waals surface area (Å²) >= 11 is 6.02. The van der Waals surface area contributed by atoms with E-state index in [-0.39, 0.29) is 5.91 Å². The minimum Gasteiger partial charge on any atom is -0.384 e. The molecular weight excluding hydrogens is 248 g/mol. The Labute approximate surface area is 114 Å². The van der Waals surface area contributed by atoms with Gasteiger partial charge in [0.1, 0.15) is 0 Å². The van der Waals surface area contributed by atoms with E-state index in [2.05, 4.69) is 24.5 Å². The second-order valence-electron chi connectivity index (χ2n) is 4.79. The number of hydrogen-bond donors (Lipinski definition) is 2. The van der Waals surface area contributed by atoms with Crippen LogP contribution < -0.4 is 10.6 Å². The molecule has 0 unspecified atom stereocenters. The van der Waals surface area contributed by atoms with Gasteiger partial charge in [0, 0.05) is 30.2 Å². The largest absolute Gasteiger partial charge is 0.384 e. The van der Waals surface area contributed by atoms with Crippen LogP contribution in [0.1, 0.15) is 25.8 Å². The average Bonchev–Trinajstić information content (AvgIpc) is 2.32. The zero-order valence-corrected chi connectivity index (χ0v) is 12.0. The third kappa shape index (κ3) is 4.96. The summed E-state index contributed by atoms with van der Waals surface area (Å²) in [6.45, 7) is 7.46. The molecule has 0 aromatic heterocycles. The summed E-state index contributed by atoms with van der Waals surface area (Å²) in [4.78, 5) is 11.5. The summed E-state index contributed by atoms with van der Waals surface area (Å²) in [7, 11) is 0. The molecule has 0 aliphatic carbocycles. The average molecular weight is 269 g/mol. The normalized spacial score (nSPS) is 10.5. The van der Waals surface area contributed by atoms with Gasteiger partial charge < -0.3 is 10.6 Å². The van der Waals surface area contributed by atoms with Crippen molar-refractivity contribution in [3.05, 3.63) is 28.8 Å². The number of benzene rings is 1. The molecule has 0 saturated heterocycles. The maximum atomic E-state index is 11.5. The highest BCUT2D eigenvalue weighted by Gasteiger charge is 2.04. The zero-order chi connectivity index (χ0) is 13.5. The molecule has 0 bridgehead atoms. The molecule has 0 radical (unpaired) electrons. The van der Waals surface area contributed by atoms with Gasteiger partial charge in [-0.2, -0.15) is 0 Å². The van der Waals surface area contributed by atoms with Crippen molar-refractivity contribution >= 4 is 23.2 Å². The van der Waals surface area contributed by atoms with Crippen LogP contribution in [-0.2, 0) is 4.79 Å². The van der Waals surface area contributed by atoms with Gasteiger partial charge >= 0.3 is 0 Å². The Morgan fingerprint density at radius 1 is 1.39 bits per heavy atom. The third-order valence-corrected chi connectivity index (χ3v) is 3.05. The highest BCUT2D eigenvalue weighted by Crippen LogP contribution is 2.22. The quantitative estimate of drug-likeness (QED) is 0.832. The van der Waals surface area contributed by atoms with E-state index in [1.54, 1.807) is 0 Å². The van der Waals surface area contributed by atoms with E-state index in [0.29, 0.717) is 18.9 Å². The Bertz CT molecular complexity index is 405. The van der Waals surface area contributed by atoms with Crippen molar-refractivity contribution in [3.8, 4) is 0 Å². The number of amides is 1. The predicted octanol–water partition coefficient (Wildman–Crippen LogP) is 3.22. The van der Waals surface area contributed by atoms with Crippen LogP contribution in [0.15, 0.2) is 18.2 Å². The van der Waals surface area contributed by atoms with Crippen molar-refractivity contribution in [1.82, 2.24) is 5.32 Å². The highest BCUT2D eigenvalue weighted by atomic mass is 35.5. The van der Waals surface area contributed by atoms with Gasteiger partial charge in [-0.25, -0.2) is 0 Å². The number of anilines is 1. The predicted molar refractivity (Wildman–Crippen MR) is 77.1 cm³/mol. The summed E-state index contributed by atoms with van der Waals surface area (Å²) in [5.74, 6) is 0.563. The number of carbonyl (C=O) groups excluding carboxylic acids is 1. The van der Waals surface area contributed by atoms with Crippen molar-refractivity contribution < 1.29 is 4.79 Å². The lowest BCUT2D eigenvalue weighted by Crippen LogP contribution is -2.28. The lowest BCUT2D eigenvalue weighted by atomic mass is 10.2. The lowest BCUT2D eigenvalue weighted by molar-refractivity contribution is -0.120. The first-order valence-corrected chi connectivity index (χ1v) is 6.64. The van der Waals surface area contributed by atoms with Gasteiger partial charge in [-0.05, 0) is 30.5 Å². The first kappa shape index (κ1) is 14.8. The van der Waals surface area contributed by atoms with Crippen LogP contribution in [0.2, 0.25) is 5.02 Å². The van der Waals surface area contributed by atoms with Gasteiger partial charge in [-0.3, -0.25) is 4.79 Å². The Balaban J connectivity index is 2.33. The minimum atomic E-state index is 0.0795. The van der Waals surface area contributed by atoms with Crippen molar-refractivity contribution in [2.24, 2.45) is 5.92 Å². The minimum absolute atomic E-state index is 0.0795. The second kappa shape index (κ2) is 7.27. The molecule has 0 spiro atoms. The van der Waals surface area contributed by atoms with E-state index in [1.165, 1.54) is 0 Å². The first-order chi connectivity index (χ1) is 8.50. The number of halogens is 1. The number of rotatable bonds is 6. The zero-order valence-electron chi connectivity index (χ0n) is 11.2. The van der Waals surface area contributed by atoms with Crippen LogP contribution >= 0.6 is 11.6 Å². The van der Waals surface area contributed by atoms with Gasteiger partial charge in [-0.1, -0.05) is 31.5 Å². The summed E-state index contributed by atoms with van der Waals surface area (Å²) < 4.78 is 0. The molecule has 1 amide bonds. The molecule has 0 heterocycles. The fourth-order valence-electron chi connectivity index (χ4n) is 1.52. The molecule has 1 aromatic carbocycles. The maximum absolute atomic E-state index is 11.5. The molecule has 18 heavy (non-hydrogen) atoms. The monoisotopic (exact) mass is 268 g/mol. The molecule has 0 aliphatic rings. The van der Waals surface area contributed by atoms with Gasteiger partial charge in [0.2, 0.25) is 5.91 Å². The molecule has 1 rings (SSSR count). The fourth-order valence-corrected chi connectivity index (χ4v) is 1.69. The topological polar surface area (TPSA) is 41.1 Å². The molecule has 4 heteroatoms. The molecule has 0 atom stereocenters. The fraction of sp³-hybridized carbons (Fsp3) is 0.500. The van der Waals surface area contributed by atoms with Crippen LogP contribution in [0.25, 0.3) is 0 Å². The van der Waals surface area contributed by atoms with E-state index < -0.39 is 0 Å². The van der Waals surface area contributed by atoms with Crippen LogP contribution in [0.5, 0.6) is 0 Å². The number of nitrogens with one attached hydrogen (secondary N) is 2. The Morgan fingerprint density at radius 2 is 2.11 bits per heavy atom. The van der Waals surface area contributed by atoms with Gasteiger partial charge in [-0.15, -0.1) is 0 Å². The van der Waals surface area contributed by atoms with Gasteiger partial charge in [0.15, 0.2) is 0 Å². The molecule has 100 valence electrons. The third-order valence-electron chi connectivity index (χ3n) is 2.64. The van der Waals surface area contributed by atoms with Crippen molar-refractivity contribution in [1.29, 1.82) is 0 Å².